The van der Waals surface area contributed by atoms with Crippen molar-refractivity contribution in [3.63, 3.8) is 0 Å². The van der Waals surface area contributed by atoms with E-state index in [2.05, 4.69) is 14.7 Å². The minimum Gasteiger partial charge on any atom is -0.494 e. The lowest BCUT2D eigenvalue weighted by Crippen LogP contribution is -2.25. The number of benzene rings is 1. The molecule has 0 saturated heterocycles. The van der Waals surface area contributed by atoms with Gasteiger partial charge < -0.3 is 9.72 Å². The molecule has 1 heterocycles. The number of halogens is 1. The van der Waals surface area contributed by atoms with E-state index in [4.69, 9.17) is 4.74 Å². The Morgan fingerprint density at radius 2 is 2.24 bits per heavy atom. The Kier molecular flexibility index (Phi) is 4.92. The molecule has 21 heavy (non-hydrogen) atoms. The predicted octanol–water partition coefficient (Wildman–Crippen LogP) is 1.47. The van der Waals surface area contributed by atoms with E-state index < -0.39 is 15.8 Å². The molecule has 0 fully saturated rings. The maximum absolute atomic E-state index is 13.5. The molecule has 1 aromatic heterocycles. The maximum atomic E-state index is 13.5. The van der Waals surface area contributed by atoms with E-state index in [0.29, 0.717) is 12.8 Å². The van der Waals surface area contributed by atoms with Gasteiger partial charge in [-0.2, -0.15) is 0 Å². The summed E-state index contributed by atoms with van der Waals surface area (Å²) in [5.41, 5.74) is 0. The summed E-state index contributed by atoms with van der Waals surface area (Å²) < 4.78 is 44.7. The van der Waals surface area contributed by atoms with Gasteiger partial charge in [-0.3, -0.25) is 0 Å². The molecule has 2 N–H and O–H groups in total. The third kappa shape index (κ3) is 4.02. The first-order valence-corrected chi connectivity index (χ1v) is 7.83. The molecule has 0 radical (unpaired) electrons. The number of hydrogen-bond acceptors (Lipinski definition) is 4. The minimum absolute atomic E-state index is 0.00627. The molecule has 6 nitrogen and oxygen atoms in total. The highest BCUT2D eigenvalue weighted by Crippen LogP contribution is 2.20. The van der Waals surface area contributed by atoms with Crippen molar-refractivity contribution in [3.05, 3.63) is 42.2 Å². The number of hydrogen-bond donors (Lipinski definition) is 2. The van der Waals surface area contributed by atoms with Crippen LogP contribution in [0.4, 0.5) is 4.39 Å². The Balaban J connectivity index is 1.93. The van der Waals surface area contributed by atoms with Gasteiger partial charge in [0.2, 0.25) is 10.0 Å². The SMILES string of the molecule is COc1ccc(S(=O)(=O)NCCCc2ncc[nH]2)cc1F. The predicted molar refractivity (Wildman–Crippen MR) is 75.0 cm³/mol. The number of ether oxygens (including phenoxy) is 1. The molecule has 0 atom stereocenters. The fourth-order valence-electron chi connectivity index (χ4n) is 1.79. The van der Waals surface area contributed by atoms with Gasteiger partial charge in [0.1, 0.15) is 5.82 Å². The van der Waals surface area contributed by atoms with Crippen LogP contribution in [-0.4, -0.2) is 32.0 Å². The average Bonchev–Trinajstić information content (AvgIpc) is 2.97. The molecule has 0 aliphatic heterocycles. The van der Waals surface area contributed by atoms with Gasteiger partial charge in [0.15, 0.2) is 11.6 Å². The van der Waals surface area contributed by atoms with E-state index in [1.165, 1.54) is 19.2 Å². The van der Waals surface area contributed by atoms with Gasteiger partial charge in [0.25, 0.3) is 0 Å². The largest absolute Gasteiger partial charge is 0.494 e. The standard InChI is InChI=1S/C13H16FN3O3S/c1-20-12-5-4-10(9-11(12)14)21(18,19)17-6-2-3-13-15-7-8-16-13/h4-5,7-9,17H,2-3,6H2,1H3,(H,15,16). The summed E-state index contributed by atoms with van der Waals surface area (Å²) >= 11 is 0. The van der Waals surface area contributed by atoms with Crippen molar-refractivity contribution in [2.24, 2.45) is 0 Å². The van der Waals surface area contributed by atoms with Gasteiger partial charge in [0, 0.05) is 25.4 Å². The molecule has 0 bridgehead atoms. The molecule has 2 rings (SSSR count). The lowest BCUT2D eigenvalue weighted by molar-refractivity contribution is 0.385. The zero-order valence-electron chi connectivity index (χ0n) is 11.5. The summed E-state index contributed by atoms with van der Waals surface area (Å²) in [4.78, 5) is 6.85. The van der Waals surface area contributed by atoms with Crippen molar-refractivity contribution in [1.29, 1.82) is 0 Å². The lowest BCUT2D eigenvalue weighted by Gasteiger charge is -2.08. The summed E-state index contributed by atoms with van der Waals surface area (Å²) in [6.07, 6.45) is 4.57. The van der Waals surface area contributed by atoms with Crippen molar-refractivity contribution in [1.82, 2.24) is 14.7 Å². The second-order valence-electron chi connectivity index (χ2n) is 4.33. The number of sulfonamides is 1. The van der Waals surface area contributed by atoms with Crippen LogP contribution in [-0.2, 0) is 16.4 Å². The average molecular weight is 313 g/mol. The quantitative estimate of drug-likeness (QED) is 0.758. The fraction of sp³-hybridized carbons (Fsp3) is 0.308. The molecule has 2 aromatic rings. The first-order chi connectivity index (χ1) is 10.0. The summed E-state index contributed by atoms with van der Waals surface area (Å²) in [6.45, 7) is 0.247. The Labute approximate surface area is 122 Å². The highest BCUT2D eigenvalue weighted by atomic mass is 32.2. The van der Waals surface area contributed by atoms with Crippen LogP contribution >= 0.6 is 0 Å². The Morgan fingerprint density at radius 3 is 2.86 bits per heavy atom. The van der Waals surface area contributed by atoms with Gasteiger partial charge in [-0.05, 0) is 24.6 Å². The summed E-state index contributed by atoms with van der Waals surface area (Å²) in [5.74, 6) is 0.0902. The van der Waals surface area contributed by atoms with Crippen molar-refractivity contribution in [2.45, 2.75) is 17.7 Å². The summed E-state index contributed by atoms with van der Waals surface area (Å²) in [6, 6.07) is 3.53. The number of aryl methyl sites for hydroxylation is 1. The Hall–Kier alpha value is -1.93. The fourth-order valence-corrected chi connectivity index (χ4v) is 2.88. The molecule has 0 spiro atoms. The summed E-state index contributed by atoms with van der Waals surface area (Å²) in [7, 11) is -2.41. The lowest BCUT2D eigenvalue weighted by atomic mass is 10.3. The molecular weight excluding hydrogens is 297 g/mol. The van der Waals surface area contributed by atoms with Crippen LogP contribution in [0.5, 0.6) is 5.75 Å². The van der Waals surface area contributed by atoms with E-state index >= 15 is 0 Å². The van der Waals surface area contributed by atoms with Crippen LogP contribution in [0.2, 0.25) is 0 Å². The van der Waals surface area contributed by atoms with Gasteiger partial charge in [0.05, 0.1) is 12.0 Å². The topological polar surface area (TPSA) is 84.1 Å². The maximum Gasteiger partial charge on any atom is 0.240 e. The van der Waals surface area contributed by atoms with Crippen LogP contribution in [0.1, 0.15) is 12.2 Å². The van der Waals surface area contributed by atoms with E-state index in [1.807, 2.05) is 0 Å². The van der Waals surface area contributed by atoms with Gasteiger partial charge in [-0.15, -0.1) is 0 Å². The molecule has 0 unspecified atom stereocenters. The van der Waals surface area contributed by atoms with Crippen LogP contribution in [0, 0.1) is 5.82 Å². The molecule has 1 aromatic carbocycles. The monoisotopic (exact) mass is 313 g/mol. The molecule has 0 saturated carbocycles. The third-order valence-electron chi connectivity index (χ3n) is 2.87. The van der Waals surface area contributed by atoms with Gasteiger partial charge >= 0.3 is 0 Å². The Bertz CT molecular complexity index is 687. The smallest absolute Gasteiger partial charge is 0.240 e. The number of aromatic nitrogens is 2. The molecule has 114 valence electrons. The Morgan fingerprint density at radius 1 is 1.43 bits per heavy atom. The number of nitrogens with one attached hydrogen (secondary N) is 2. The normalized spacial score (nSPS) is 11.5. The highest BCUT2D eigenvalue weighted by Gasteiger charge is 2.16. The van der Waals surface area contributed by atoms with E-state index in [0.717, 1.165) is 11.9 Å². The van der Waals surface area contributed by atoms with Gasteiger partial charge in [-0.25, -0.2) is 22.5 Å². The van der Waals surface area contributed by atoms with Crippen molar-refractivity contribution in [3.8, 4) is 5.75 Å². The number of methoxy groups -OCH3 is 1. The van der Waals surface area contributed by atoms with E-state index in [1.54, 1.807) is 12.4 Å². The van der Waals surface area contributed by atoms with E-state index in [-0.39, 0.29) is 17.2 Å². The van der Waals surface area contributed by atoms with Crippen LogP contribution in [0.25, 0.3) is 0 Å². The molecule has 8 heteroatoms. The number of rotatable bonds is 7. The molecule has 0 aliphatic carbocycles. The minimum atomic E-state index is -3.72. The van der Waals surface area contributed by atoms with Crippen molar-refractivity contribution >= 4 is 10.0 Å². The zero-order chi connectivity index (χ0) is 15.3. The number of H-pyrrole nitrogens is 1. The first-order valence-electron chi connectivity index (χ1n) is 6.34. The van der Waals surface area contributed by atoms with Crippen LogP contribution < -0.4 is 9.46 Å². The van der Waals surface area contributed by atoms with Crippen LogP contribution in [0.3, 0.4) is 0 Å². The third-order valence-corrected chi connectivity index (χ3v) is 4.33. The summed E-state index contributed by atoms with van der Waals surface area (Å²) in [5, 5.41) is 0. The van der Waals surface area contributed by atoms with E-state index in [9.17, 15) is 12.8 Å². The van der Waals surface area contributed by atoms with Crippen molar-refractivity contribution < 1.29 is 17.5 Å². The molecular formula is C13H16FN3O3S. The highest BCUT2D eigenvalue weighted by molar-refractivity contribution is 7.89. The van der Waals surface area contributed by atoms with Gasteiger partial charge in [-0.1, -0.05) is 0 Å². The molecule has 0 amide bonds. The number of aromatic amines is 1. The van der Waals surface area contributed by atoms with Crippen molar-refractivity contribution in [2.75, 3.05) is 13.7 Å². The number of imidazole rings is 1. The first kappa shape index (κ1) is 15.5. The zero-order valence-corrected chi connectivity index (χ0v) is 12.3. The second-order valence-corrected chi connectivity index (χ2v) is 6.10. The second kappa shape index (κ2) is 6.68. The van der Waals surface area contributed by atoms with Crippen LogP contribution in [0.15, 0.2) is 35.5 Å². The molecule has 0 aliphatic rings. The number of nitrogens with zero attached hydrogens (tertiary/aromatic N) is 1.